The lowest BCUT2D eigenvalue weighted by molar-refractivity contribution is -0.132. The van der Waals surface area contributed by atoms with Gasteiger partial charge in [0.1, 0.15) is 11.4 Å². The van der Waals surface area contributed by atoms with Gasteiger partial charge >= 0.3 is 5.97 Å². The maximum atomic E-state index is 13.7. The number of carboxylic acids is 1. The zero-order valence-electron chi connectivity index (χ0n) is 24.0. The number of hydrogen-bond acceptors (Lipinski definition) is 6. The number of benzene rings is 2. The fraction of sp³-hybridized carbons (Fsp3) is 0.235. The maximum absolute atomic E-state index is 13.7. The van der Waals surface area contributed by atoms with E-state index < -0.39 is 5.97 Å². The van der Waals surface area contributed by atoms with Crippen LogP contribution in [-0.4, -0.2) is 49.5 Å². The number of rotatable bonds is 6. The Labute approximate surface area is 257 Å². The third-order valence-electron chi connectivity index (χ3n) is 8.11. The number of fused-ring (bicyclic) bond motifs is 2. The van der Waals surface area contributed by atoms with Gasteiger partial charge in [-0.3, -0.25) is 4.79 Å². The van der Waals surface area contributed by atoms with E-state index in [4.69, 9.17) is 4.98 Å². The maximum Gasteiger partial charge on any atom is 0.345 e. The van der Waals surface area contributed by atoms with E-state index in [2.05, 4.69) is 23.2 Å². The van der Waals surface area contributed by atoms with Crippen molar-refractivity contribution in [2.75, 3.05) is 13.1 Å². The average Bonchev–Trinajstić information content (AvgIpc) is 3.69. The Kier molecular flexibility index (Phi) is 7.07. The van der Waals surface area contributed by atoms with Crippen LogP contribution in [0.15, 0.2) is 66.7 Å². The van der Waals surface area contributed by atoms with E-state index in [9.17, 15) is 14.7 Å². The molecule has 43 heavy (non-hydrogen) atoms. The van der Waals surface area contributed by atoms with Gasteiger partial charge in [-0.15, -0.1) is 22.7 Å². The number of carboxylic acid groups (broad SMARTS) is 1. The number of thiazole rings is 1. The average molecular weight is 607 g/mol. The molecule has 0 radical (unpaired) electrons. The Balaban J connectivity index is 1.42. The van der Waals surface area contributed by atoms with Gasteiger partial charge in [-0.2, -0.15) is 0 Å². The third kappa shape index (κ3) is 5.02. The Morgan fingerprint density at radius 3 is 2.40 bits per heavy atom. The van der Waals surface area contributed by atoms with Crippen LogP contribution >= 0.6 is 22.7 Å². The first-order valence-corrected chi connectivity index (χ1v) is 16.1. The van der Waals surface area contributed by atoms with Gasteiger partial charge < -0.3 is 14.6 Å². The number of piperidine rings is 1. The van der Waals surface area contributed by atoms with Gasteiger partial charge in [-0.1, -0.05) is 42.5 Å². The summed E-state index contributed by atoms with van der Waals surface area (Å²) in [5, 5.41) is 11.9. The van der Waals surface area contributed by atoms with Crippen LogP contribution < -0.4 is 0 Å². The third-order valence-corrected chi connectivity index (χ3v) is 10.3. The zero-order valence-corrected chi connectivity index (χ0v) is 25.6. The highest BCUT2D eigenvalue weighted by Crippen LogP contribution is 2.45. The van der Waals surface area contributed by atoms with Crippen LogP contribution in [0.4, 0.5) is 0 Å². The van der Waals surface area contributed by atoms with Crippen molar-refractivity contribution in [3.05, 3.63) is 82.3 Å². The summed E-state index contributed by atoms with van der Waals surface area (Å²) in [5.74, 6) is -0.905. The fourth-order valence-corrected chi connectivity index (χ4v) is 8.07. The normalized spacial score (nSPS) is 13.7. The number of carbonyl (C=O) groups is 2. The molecule has 1 saturated heterocycles. The molecule has 0 bridgehead atoms. The zero-order chi connectivity index (χ0) is 29.7. The molecule has 0 aliphatic carbocycles. The second-order valence-corrected chi connectivity index (χ2v) is 13.3. The number of aromatic carboxylic acids is 1. The molecule has 216 valence electrons. The molecule has 0 atom stereocenters. The fourth-order valence-electron chi connectivity index (χ4n) is 6.11. The number of nitrogens with zero attached hydrogens (tertiary/aromatic N) is 4. The van der Waals surface area contributed by atoms with Gasteiger partial charge in [0, 0.05) is 24.0 Å². The van der Waals surface area contributed by atoms with E-state index in [0.717, 1.165) is 97.1 Å². The standard InChI is InChI=1S/C34H30N4O3S2/c1-20-32(42-21(2)35-20)26-14-11-23-17-24(12-13-25(23)36-26)31-30(22-9-5-3-6-10-22)33-27(18-28(43-33)34(40)41)38(31)19-29(39)37-15-7-4-8-16-37/h3,5-6,9-14,17-18H,4,7-8,15-16,19H2,1-2H3,(H,40,41). The van der Waals surface area contributed by atoms with Crippen molar-refractivity contribution < 1.29 is 14.7 Å². The van der Waals surface area contributed by atoms with E-state index in [-0.39, 0.29) is 17.3 Å². The van der Waals surface area contributed by atoms with Crippen molar-refractivity contribution >= 4 is 55.7 Å². The van der Waals surface area contributed by atoms with Gasteiger partial charge in [0.25, 0.3) is 0 Å². The quantitative estimate of drug-likeness (QED) is 0.207. The molecule has 5 heterocycles. The summed E-state index contributed by atoms with van der Waals surface area (Å²) in [6.07, 6.45) is 3.16. The van der Waals surface area contributed by atoms with Gasteiger partial charge in [0.15, 0.2) is 0 Å². The van der Waals surface area contributed by atoms with Crippen LogP contribution in [0.3, 0.4) is 0 Å². The SMILES string of the molecule is Cc1nc(C)c(-c2ccc3cc(-c4c(-c5ccccc5)c5sc(C(=O)O)cc5n4CC(=O)N4CCCCC4)ccc3n2)s1. The van der Waals surface area contributed by atoms with Gasteiger partial charge in [-0.05, 0) is 68.5 Å². The lowest BCUT2D eigenvalue weighted by Crippen LogP contribution is -2.37. The lowest BCUT2D eigenvalue weighted by Gasteiger charge is -2.27. The molecular weight excluding hydrogens is 577 g/mol. The monoisotopic (exact) mass is 606 g/mol. The van der Waals surface area contributed by atoms with Gasteiger partial charge in [-0.25, -0.2) is 14.8 Å². The first-order chi connectivity index (χ1) is 20.9. The Hall–Kier alpha value is -4.34. The summed E-state index contributed by atoms with van der Waals surface area (Å²) < 4.78 is 2.90. The predicted molar refractivity (Wildman–Crippen MR) is 174 cm³/mol. The smallest absolute Gasteiger partial charge is 0.345 e. The van der Waals surface area contributed by atoms with Crippen molar-refractivity contribution in [3.8, 4) is 33.0 Å². The summed E-state index contributed by atoms with van der Waals surface area (Å²) in [6, 6.07) is 22.1. The number of carbonyl (C=O) groups excluding carboxylic acids is 1. The molecule has 7 nitrogen and oxygen atoms in total. The van der Waals surface area contributed by atoms with Crippen molar-refractivity contribution in [3.63, 3.8) is 0 Å². The van der Waals surface area contributed by atoms with Crippen LogP contribution in [-0.2, 0) is 11.3 Å². The number of thiophene rings is 1. The summed E-state index contributed by atoms with van der Waals surface area (Å²) in [6.45, 7) is 5.69. The highest BCUT2D eigenvalue weighted by Gasteiger charge is 2.27. The van der Waals surface area contributed by atoms with Crippen molar-refractivity contribution in [1.82, 2.24) is 19.4 Å². The minimum Gasteiger partial charge on any atom is -0.477 e. The molecule has 2 aromatic carbocycles. The molecule has 1 fully saturated rings. The molecular formula is C34H30N4O3S2. The van der Waals surface area contributed by atoms with E-state index in [0.29, 0.717) is 0 Å². The van der Waals surface area contributed by atoms with Crippen LogP contribution in [0.25, 0.3) is 54.1 Å². The van der Waals surface area contributed by atoms with Gasteiger partial charge in [0.2, 0.25) is 5.91 Å². The molecule has 7 rings (SSSR count). The molecule has 0 unspecified atom stereocenters. The topological polar surface area (TPSA) is 88.3 Å². The largest absolute Gasteiger partial charge is 0.477 e. The van der Waals surface area contributed by atoms with E-state index in [1.807, 2.05) is 65.8 Å². The number of likely N-dealkylation sites (tertiary alicyclic amines) is 1. The molecule has 0 saturated carbocycles. The molecule has 9 heteroatoms. The summed E-state index contributed by atoms with van der Waals surface area (Å²) in [7, 11) is 0. The molecule has 1 amide bonds. The Morgan fingerprint density at radius 1 is 0.884 bits per heavy atom. The van der Waals surface area contributed by atoms with E-state index >= 15 is 0 Å². The number of amides is 1. The number of hydrogen-bond donors (Lipinski definition) is 1. The second kappa shape index (κ2) is 11.1. The van der Waals surface area contributed by atoms with E-state index in [1.54, 1.807) is 17.4 Å². The summed E-state index contributed by atoms with van der Waals surface area (Å²) >= 11 is 2.91. The highest BCUT2D eigenvalue weighted by atomic mass is 32.1. The van der Waals surface area contributed by atoms with Crippen molar-refractivity contribution in [1.29, 1.82) is 0 Å². The van der Waals surface area contributed by atoms with Crippen molar-refractivity contribution in [2.45, 2.75) is 39.7 Å². The summed E-state index contributed by atoms with van der Waals surface area (Å²) in [4.78, 5) is 38.6. The molecule has 6 aromatic rings. The van der Waals surface area contributed by atoms with Crippen molar-refractivity contribution in [2.24, 2.45) is 0 Å². The van der Waals surface area contributed by atoms with E-state index in [1.165, 1.54) is 11.3 Å². The minimum atomic E-state index is -0.963. The van der Waals surface area contributed by atoms with Crippen LogP contribution in [0.5, 0.6) is 0 Å². The lowest BCUT2D eigenvalue weighted by atomic mass is 9.99. The number of pyridine rings is 1. The van der Waals surface area contributed by atoms with Crippen LogP contribution in [0, 0.1) is 13.8 Å². The molecule has 4 aromatic heterocycles. The molecule has 0 spiro atoms. The summed E-state index contributed by atoms with van der Waals surface area (Å²) in [5.41, 5.74) is 7.33. The van der Waals surface area contributed by atoms with Gasteiger partial charge in [0.05, 0.1) is 42.7 Å². The Bertz CT molecular complexity index is 2020. The predicted octanol–water partition coefficient (Wildman–Crippen LogP) is 8.04. The second-order valence-electron chi connectivity index (χ2n) is 11.0. The number of aromatic nitrogens is 3. The molecule has 1 aliphatic heterocycles. The first-order valence-electron chi connectivity index (χ1n) is 14.5. The first kappa shape index (κ1) is 27.5. The molecule has 1 N–H and O–H groups in total. The van der Waals surface area contributed by atoms with Crippen LogP contribution in [0.1, 0.15) is 39.6 Å². The molecule has 1 aliphatic rings. The highest BCUT2D eigenvalue weighted by molar-refractivity contribution is 7.21. The number of aryl methyl sites for hydroxylation is 2. The minimum absolute atomic E-state index is 0.0582. The van der Waals surface area contributed by atoms with Crippen LogP contribution in [0.2, 0.25) is 0 Å². The Morgan fingerprint density at radius 2 is 1.67 bits per heavy atom.